The first-order chi connectivity index (χ1) is 11.3. The molecule has 5 nitrogen and oxygen atoms in total. The summed E-state index contributed by atoms with van der Waals surface area (Å²) < 4.78 is 25.9. The Morgan fingerprint density at radius 2 is 1.96 bits per heavy atom. The average molecular weight is 353 g/mol. The third-order valence-corrected chi connectivity index (χ3v) is 5.69. The number of benzene rings is 1. The van der Waals surface area contributed by atoms with Gasteiger partial charge in [-0.15, -0.1) is 4.72 Å². The van der Waals surface area contributed by atoms with Crippen LogP contribution in [0.3, 0.4) is 0 Å². The van der Waals surface area contributed by atoms with Crippen LogP contribution in [-0.4, -0.2) is 27.1 Å². The van der Waals surface area contributed by atoms with Crippen molar-refractivity contribution in [3.8, 4) is 0 Å². The van der Waals surface area contributed by atoms with E-state index in [0.29, 0.717) is 0 Å². The van der Waals surface area contributed by atoms with Crippen molar-refractivity contribution >= 4 is 17.5 Å². The lowest BCUT2D eigenvalue weighted by molar-refractivity contribution is -0.00362. The summed E-state index contributed by atoms with van der Waals surface area (Å²) in [5.74, 6) is 0. The van der Waals surface area contributed by atoms with Crippen LogP contribution in [0.1, 0.15) is 52.5 Å². The average Bonchev–Trinajstić information content (AvgIpc) is 3.30. The van der Waals surface area contributed by atoms with Crippen molar-refractivity contribution in [1.82, 2.24) is 4.72 Å². The van der Waals surface area contributed by atoms with Gasteiger partial charge < -0.3 is 14.0 Å². The minimum absolute atomic E-state index is 0.137. The zero-order valence-corrected chi connectivity index (χ0v) is 15.7. The second kappa shape index (κ2) is 7.76. The molecule has 1 unspecified atom stereocenters. The van der Waals surface area contributed by atoms with Crippen molar-refractivity contribution < 1.29 is 18.8 Å². The fourth-order valence-electron chi connectivity index (χ4n) is 2.43. The molecule has 1 saturated carbocycles. The van der Waals surface area contributed by atoms with Crippen molar-refractivity contribution in [2.24, 2.45) is 0 Å². The Labute approximate surface area is 147 Å². The smallest absolute Gasteiger partial charge is 0.509 e. The topological polar surface area (TPSA) is 70.6 Å². The van der Waals surface area contributed by atoms with Gasteiger partial charge in [-0.05, 0) is 45.6 Å². The standard InChI is InChI=1S/C18H27NO4S/c1-5-15(19-24(21)17(2,3)4)18(11-12-18)23-16(20)22-13-14-9-7-6-8-10-14/h6-10,15,19H,5,11-13H2,1-4H3/t15-,24?/m1/s1. The lowest BCUT2D eigenvalue weighted by Gasteiger charge is -2.31. The fraction of sp³-hybridized carbons (Fsp3) is 0.611. The largest absolute Gasteiger partial charge is 0.598 e. The molecular weight excluding hydrogens is 326 g/mol. The van der Waals surface area contributed by atoms with Crippen molar-refractivity contribution in [2.75, 3.05) is 0 Å². The highest BCUT2D eigenvalue weighted by atomic mass is 32.2. The molecule has 0 heterocycles. The lowest BCUT2D eigenvalue weighted by atomic mass is 10.1. The van der Waals surface area contributed by atoms with Gasteiger partial charge in [-0.1, -0.05) is 37.3 Å². The Hall–Kier alpha value is -1.24. The Morgan fingerprint density at radius 3 is 2.46 bits per heavy atom. The molecule has 2 atom stereocenters. The van der Waals surface area contributed by atoms with Crippen molar-refractivity contribution in [1.29, 1.82) is 0 Å². The number of rotatable bonds is 7. The van der Waals surface area contributed by atoms with Gasteiger partial charge in [0.1, 0.15) is 17.0 Å². The van der Waals surface area contributed by atoms with E-state index in [1.54, 1.807) is 0 Å². The van der Waals surface area contributed by atoms with E-state index in [4.69, 9.17) is 9.47 Å². The molecule has 1 aliphatic carbocycles. The zero-order valence-electron chi connectivity index (χ0n) is 14.8. The van der Waals surface area contributed by atoms with E-state index in [9.17, 15) is 9.35 Å². The molecule has 24 heavy (non-hydrogen) atoms. The second-order valence-electron chi connectivity index (χ2n) is 7.15. The summed E-state index contributed by atoms with van der Waals surface area (Å²) in [7, 11) is 0. The summed E-state index contributed by atoms with van der Waals surface area (Å²) in [5, 5.41) is 0. The molecule has 2 rings (SSSR count). The van der Waals surface area contributed by atoms with Crippen molar-refractivity contribution in [2.45, 2.75) is 70.0 Å². The van der Waals surface area contributed by atoms with Gasteiger partial charge >= 0.3 is 6.16 Å². The summed E-state index contributed by atoms with van der Waals surface area (Å²) >= 11 is -1.20. The summed E-state index contributed by atoms with van der Waals surface area (Å²) in [5.41, 5.74) is 0.321. The van der Waals surface area contributed by atoms with Gasteiger partial charge in [-0.25, -0.2) is 4.79 Å². The predicted octanol–water partition coefficient (Wildman–Crippen LogP) is 3.70. The van der Waals surface area contributed by atoms with Crippen LogP contribution >= 0.6 is 0 Å². The van der Waals surface area contributed by atoms with Gasteiger partial charge in [0.2, 0.25) is 0 Å². The molecule has 0 bridgehead atoms. The number of hydrogen-bond acceptors (Lipinski definition) is 5. The second-order valence-corrected chi connectivity index (χ2v) is 9.15. The van der Waals surface area contributed by atoms with E-state index < -0.39 is 23.1 Å². The molecular formula is C18H27NO4S. The maximum Gasteiger partial charge on any atom is 0.509 e. The first-order valence-electron chi connectivity index (χ1n) is 8.34. The van der Waals surface area contributed by atoms with Crippen LogP contribution in [0.25, 0.3) is 0 Å². The Morgan fingerprint density at radius 1 is 1.33 bits per heavy atom. The van der Waals surface area contributed by atoms with Crippen LogP contribution in [-0.2, 0) is 27.4 Å². The molecule has 6 heteroatoms. The van der Waals surface area contributed by atoms with Crippen LogP contribution in [0.4, 0.5) is 4.79 Å². The zero-order chi connectivity index (χ0) is 17.8. The number of hydrogen-bond donors (Lipinski definition) is 1. The highest BCUT2D eigenvalue weighted by molar-refractivity contribution is 7.90. The van der Waals surface area contributed by atoms with E-state index in [-0.39, 0.29) is 17.4 Å². The molecule has 1 aromatic carbocycles. The Bertz CT molecular complexity index is 540. The first-order valence-corrected chi connectivity index (χ1v) is 9.49. The van der Waals surface area contributed by atoms with Gasteiger partial charge in [0, 0.05) is 11.4 Å². The van der Waals surface area contributed by atoms with E-state index in [2.05, 4.69) is 4.72 Å². The maximum absolute atomic E-state index is 12.3. The molecule has 0 saturated heterocycles. The van der Waals surface area contributed by atoms with E-state index in [1.807, 2.05) is 58.0 Å². The Balaban J connectivity index is 1.88. The SMILES string of the molecule is CC[C@@H](N[S+]([O-])C(C)(C)C)C1(OC(=O)OCc2ccccc2)CC1. The minimum atomic E-state index is -1.20. The summed E-state index contributed by atoms with van der Waals surface area (Å²) in [6.45, 7) is 7.93. The van der Waals surface area contributed by atoms with Crippen LogP contribution in [0.2, 0.25) is 0 Å². The number of carbonyl (C=O) groups excluding carboxylic acids is 1. The first kappa shape index (κ1) is 19.1. The molecule has 0 radical (unpaired) electrons. The number of ether oxygens (including phenoxy) is 2. The highest BCUT2D eigenvalue weighted by Crippen LogP contribution is 2.44. The van der Waals surface area contributed by atoms with Crippen LogP contribution in [0, 0.1) is 0 Å². The van der Waals surface area contributed by atoms with Crippen LogP contribution in [0.15, 0.2) is 30.3 Å². The van der Waals surface area contributed by atoms with Crippen LogP contribution < -0.4 is 4.72 Å². The van der Waals surface area contributed by atoms with E-state index >= 15 is 0 Å². The number of nitrogens with one attached hydrogen (secondary N) is 1. The molecule has 0 aliphatic heterocycles. The third kappa shape index (κ3) is 5.13. The minimum Gasteiger partial charge on any atom is -0.598 e. The monoisotopic (exact) mass is 353 g/mol. The molecule has 134 valence electrons. The van der Waals surface area contributed by atoms with Gasteiger partial charge in [0.15, 0.2) is 0 Å². The van der Waals surface area contributed by atoms with Crippen molar-refractivity contribution in [3.05, 3.63) is 35.9 Å². The summed E-state index contributed by atoms with van der Waals surface area (Å²) in [4.78, 5) is 12.0. The summed E-state index contributed by atoms with van der Waals surface area (Å²) in [6.07, 6.45) is 1.59. The molecule has 1 fully saturated rings. The van der Waals surface area contributed by atoms with Gasteiger partial charge in [-0.2, -0.15) is 0 Å². The molecule has 1 aromatic rings. The predicted molar refractivity (Wildman–Crippen MR) is 94.8 cm³/mol. The molecule has 0 amide bonds. The van der Waals surface area contributed by atoms with Crippen molar-refractivity contribution in [3.63, 3.8) is 0 Å². The van der Waals surface area contributed by atoms with E-state index in [1.165, 1.54) is 0 Å². The van der Waals surface area contributed by atoms with Gasteiger partial charge in [0.25, 0.3) is 0 Å². The van der Waals surface area contributed by atoms with Gasteiger partial charge in [-0.3, -0.25) is 0 Å². The molecule has 0 aromatic heterocycles. The highest BCUT2D eigenvalue weighted by Gasteiger charge is 2.55. The Kier molecular flexibility index (Phi) is 6.17. The maximum atomic E-state index is 12.3. The normalized spacial score (nSPS) is 18.5. The third-order valence-electron chi connectivity index (χ3n) is 4.08. The molecule has 1 aliphatic rings. The fourth-order valence-corrected chi connectivity index (χ4v) is 3.42. The quantitative estimate of drug-likeness (QED) is 0.598. The van der Waals surface area contributed by atoms with E-state index in [0.717, 1.165) is 24.8 Å². The van der Waals surface area contributed by atoms with Crippen LogP contribution in [0.5, 0.6) is 0 Å². The molecule has 0 spiro atoms. The van der Waals surface area contributed by atoms with Gasteiger partial charge in [0.05, 0.1) is 6.04 Å². The summed E-state index contributed by atoms with van der Waals surface area (Å²) in [6, 6.07) is 9.35. The number of carbonyl (C=O) groups is 1. The molecule has 1 N–H and O–H groups in total. The lowest BCUT2D eigenvalue weighted by Crippen LogP contribution is -2.51.